The lowest BCUT2D eigenvalue weighted by molar-refractivity contribution is 0.114. The Morgan fingerprint density at radius 2 is 1.58 bits per heavy atom. The van der Waals surface area contributed by atoms with E-state index in [0.717, 1.165) is 24.8 Å². The van der Waals surface area contributed by atoms with Crippen LogP contribution in [0.3, 0.4) is 0 Å². The van der Waals surface area contributed by atoms with Gasteiger partial charge in [-0.3, -0.25) is 0 Å². The van der Waals surface area contributed by atoms with E-state index in [1.807, 2.05) is 85.3 Å². The van der Waals surface area contributed by atoms with Crippen LogP contribution < -0.4 is 0 Å². The molecule has 1 heterocycles. The van der Waals surface area contributed by atoms with E-state index < -0.39 is 0 Å². The smallest absolute Gasteiger partial charge is 0.157 e. The molecule has 26 heavy (non-hydrogen) atoms. The van der Waals surface area contributed by atoms with Gasteiger partial charge in [0.25, 0.3) is 0 Å². The number of oxime groups is 1. The van der Waals surface area contributed by atoms with E-state index in [-0.39, 0.29) is 6.10 Å². The molecule has 0 aliphatic carbocycles. The minimum Gasteiger partial charge on any atom is -0.387 e. The summed E-state index contributed by atoms with van der Waals surface area (Å²) in [5.41, 5.74) is 2.19. The van der Waals surface area contributed by atoms with Gasteiger partial charge in [0.05, 0.1) is 5.71 Å². The molecule has 0 aromatic heterocycles. The van der Waals surface area contributed by atoms with E-state index >= 15 is 0 Å². The zero-order chi connectivity index (χ0) is 21.4. The molecule has 0 N–H and O–H groups in total. The third-order valence-electron chi connectivity index (χ3n) is 3.18. The third kappa shape index (κ3) is 17.8. The number of hydrogen-bond donors (Lipinski definition) is 0. The van der Waals surface area contributed by atoms with Crippen molar-refractivity contribution in [3.63, 3.8) is 0 Å². The summed E-state index contributed by atoms with van der Waals surface area (Å²) in [5, 5.41) is 4.21. The maximum absolute atomic E-state index is 5.46. The van der Waals surface area contributed by atoms with Crippen LogP contribution in [0.15, 0.2) is 41.6 Å². The summed E-state index contributed by atoms with van der Waals surface area (Å²) in [6.45, 7) is 22.4. The van der Waals surface area contributed by atoms with E-state index in [0.29, 0.717) is 5.92 Å². The maximum Gasteiger partial charge on any atom is 0.157 e. The molecule has 0 spiro atoms. The molecule has 0 bridgehead atoms. The van der Waals surface area contributed by atoms with Gasteiger partial charge in [0, 0.05) is 12.3 Å². The molecule has 1 rings (SSSR count). The number of allylic oxidation sites excluding steroid dienone is 3. The SMILES string of the molecule is C=C(/C=C\C=C/C)C1CC(C(CC)CC)=NO1.CC.CC.CC.CSC. The molecule has 3 heteroatoms. The van der Waals surface area contributed by atoms with Crippen LogP contribution >= 0.6 is 11.8 Å². The normalized spacial score (nSPS) is 14.6. The lowest BCUT2D eigenvalue weighted by Crippen LogP contribution is -2.15. The highest BCUT2D eigenvalue weighted by atomic mass is 32.2. The van der Waals surface area contributed by atoms with Crippen molar-refractivity contribution < 1.29 is 4.84 Å². The largest absolute Gasteiger partial charge is 0.387 e. The predicted octanol–water partition coefficient (Wildman–Crippen LogP) is 8.31. The Hall–Kier alpha value is -0.960. The zero-order valence-corrected chi connectivity index (χ0v) is 20.4. The lowest BCUT2D eigenvalue weighted by Gasteiger charge is -2.11. The Morgan fingerprint density at radius 3 is 1.96 bits per heavy atom. The van der Waals surface area contributed by atoms with Crippen LogP contribution in [0.2, 0.25) is 0 Å². The van der Waals surface area contributed by atoms with Crippen molar-refractivity contribution in [1.29, 1.82) is 0 Å². The number of rotatable bonds is 6. The highest BCUT2D eigenvalue weighted by Gasteiger charge is 2.26. The Balaban J connectivity index is -0.000000231. The van der Waals surface area contributed by atoms with Crippen molar-refractivity contribution in [1.82, 2.24) is 0 Å². The molecule has 1 unspecified atom stereocenters. The van der Waals surface area contributed by atoms with Crippen molar-refractivity contribution in [2.24, 2.45) is 11.1 Å². The summed E-state index contributed by atoms with van der Waals surface area (Å²) in [6.07, 6.45) is 15.2. The van der Waals surface area contributed by atoms with E-state index in [2.05, 4.69) is 25.6 Å². The van der Waals surface area contributed by atoms with E-state index in [9.17, 15) is 0 Å². The maximum atomic E-state index is 5.46. The predicted molar refractivity (Wildman–Crippen MR) is 128 cm³/mol. The van der Waals surface area contributed by atoms with Crippen molar-refractivity contribution in [2.45, 2.75) is 87.7 Å². The van der Waals surface area contributed by atoms with Crippen molar-refractivity contribution in [2.75, 3.05) is 12.5 Å². The number of thioether (sulfide) groups is 1. The molecule has 0 radical (unpaired) electrons. The van der Waals surface area contributed by atoms with Gasteiger partial charge < -0.3 is 4.84 Å². The summed E-state index contributed by atoms with van der Waals surface area (Å²) < 4.78 is 0. The van der Waals surface area contributed by atoms with Gasteiger partial charge in [0.15, 0.2) is 6.10 Å². The topological polar surface area (TPSA) is 21.6 Å². The van der Waals surface area contributed by atoms with E-state index in [4.69, 9.17) is 4.84 Å². The second-order valence-electron chi connectivity index (χ2n) is 4.76. The van der Waals surface area contributed by atoms with Gasteiger partial charge in [0.2, 0.25) is 0 Å². The fourth-order valence-corrected chi connectivity index (χ4v) is 1.99. The van der Waals surface area contributed by atoms with E-state index in [1.54, 1.807) is 11.8 Å². The first-order chi connectivity index (χ1) is 12.6. The Morgan fingerprint density at radius 1 is 1.12 bits per heavy atom. The molecule has 1 atom stereocenters. The molecule has 0 aromatic carbocycles. The van der Waals surface area contributed by atoms with Gasteiger partial charge in [-0.05, 0) is 37.9 Å². The highest BCUT2D eigenvalue weighted by molar-refractivity contribution is 7.97. The van der Waals surface area contributed by atoms with Gasteiger partial charge in [0.1, 0.15) is 0 Å². The van der Waals surface area contributed by atoms with Crippen LogP contribution in [0.5, 0.6) is 0 Å². The molecule has 156 valence electrons. The molecule has 1 aliphatic rings. The summed E-state index contributed by atoms with van der Waals surface area (Å²) >= 11 is 1.75. The van der Waals surface area contributed by atoms with Crippen LogP contribution in [0.25, 0.3) is 0 Å². The minimum atomic E-state index is 0.0344. The van der Waals surface area contributed by atoms with Crippen LogP contribution in [0, 0.1) is 5.92 Å². The van der Waals surface area contributed by atoms with Crippen LogP contribution in [-0.2, 0) is 4.84 Å². The first-order valence-electron chi connectivity index (χ1n) is 10.2. The third-order valence-corrected chi connectivity index (χ3v) is 3.18. The molecular formula is C23H47NOS. The molecular weight excluding hydrogens is 338 g/mol. The zero-order valence-electron chi connectivity index (χ0n) is 19.6. The minimum absolute atomic E-state index is 0.0344. The standard InChI is InChI=1S/C15H23NO.C2H6S.3C2H6/c1-5-8-9-10-12(4)15-11-14(16-17-15)13(6-2)7-3;1-3-2;3*1-2/h5,8-10,13,15H,4,6-7,11H2,1-3H3;1-2H3;3*1-2H3/b8-5-,10-9-;;;;. The molecule has 0 amide bonds. The molecule has 0 saturated heterocycles. The van der Waals surface area contributed by atoms with Gasteiger partial charge >= 0.3 is 0 Å². The molecule has 0 saturated carbocycles. The Labute approximate surface area is 170 Å². The molecule has 0 fully saturated rings. The fourth-order valence-electron chi connectivity index (χ4n) is 1.99. The second kappa shape index (κ2) is 28.8. The Bertz CT molecular complexity index is 355. The van der Waals surface area contributed by atoms with Crippen molar-refractivity contribution in [3.8, 4) is 0 Å². The summed E-state index contributed by atoms with van der Waals surface area (Å²) in [4.78, 5) is 5.46. The van der Waals surface area contributed by atoms with E-state index in [1.165, 1.54) is 5.71 Å². The van der Waals surface area contributed by atoms with Crippen molar-refractivity contribution in [3.05, 3.63) is 36.5 Å². The number of hydrogen-bond acceptors (Lipinski definition) is 3. The van der Waals surface area contributed by atoms with Gasteiger partial charge in [-0.2, -0.15) is 11.8 Å². The monoisotopic (exact) mass is 385 g/mol. The molecule has 0 aromatic rings. The lowest BCUT2D eigenvalue weighted by atomic mass is 9.92. The first-order valence-corrected chi connectivity index (χ1v) is 11.9. The molecule has 1 aliphatic heterocycles. The average Bonchev–Trinajstić information content (AvgIpc) is 3.18. The van der Waals surface area contributed by atoms with Gasteiger partial charge in [-0.25, -0.2) is 0 Å². The van der Waals surface area contributed by atoms with Crippen LogP contribution in [-0.4, -0.2) is 24.3 Å². The summed E-state index contributed by atoms with van der Waals surface area (Å²) in [6, 6.07) is 0. The number of nitrogens with zero attached hydrogens (tertiary/aromatic N) is 1. The summed E-state index contributed by atoms with van der Waals surface area (Å²) in [7, 11) is 0. The first kappa shape index (κ1) is 32.7. The summed E-state index contributed by atoms with van der Waals surface area (Å²) in [5.74, 6) is 0.562. The van der Waals surface area contributed by atoms with Gasteiger partial charge in [-0.1, -0.05) is 91.4 Å². The van der Waals surface area contributed by atoms with Crippen LogP contribution in [0.4, 0.5) is 0 Å². The average molecular weight is 386 g/mol. The van der Waals surface area contributed by atoms with Gasteiger partial charge in [-0.15, -0.1) is 0 Å². The quantitative estimate of drug-likeness (QED) is 0.429. The Kier molecular flexibility index (Phi) is 36.2. The second-order valence-corrected chi connectivity index (χ2v) is 5.58. The van der Waals surface area contributed by atoms with Crippen LogP contribution in [0.1, 0.15) is 81.6 Å². The fraction of sp³-hybridized carbons (Fsp3) is 0.696. The highest BCUT2D eigenvalue weighted by Crippen LogP contribution is 2.24. The van der Waals surface area contributed by atoms with Crippen molar-refractivity contribution >= 4 is 17.5 Å². The molecule has 2 nitrogen and oxygen atoms in total.